The Morgan fingerprint density at radius 1 is 1.65 bits per heavy atom. The molecule has 1 N–H and O–H groups in total. The van der Waals surface area contributed by atoms with E-state index in [1.165, 1.54) is 0 Å². The minimum absolute atomic E-state index is 0.553. The predicted octanol–water partition coefficient (Wildman–Crippen LogP) is 2.68. The van der Waals surface area contributed by atoms with Crippen molar-refractivity contribution in [2.24, 2.45) is 0 Å². The number of carbonyl (C=O) groups is 1. The summed E-state index contributed by atoms with van der Waals surface area (Å²) in [5.74, 6) is 1.51. The summed E-state index contributed by atoms with van der Waals surface area (Å²) in [5.41, 5.74) is 1.34. The molecule has 2 rings (SSSR count). The van der Waals surface area contributed by atoms with E-state index >= 15 is 0 Å². The first-order chi connectivity index (χ1) is 9.69. The lowest BCUT2D eigenvalue weighted by Crippen LogP contribution is -2.47. The summed E-state index contributed by atoms with van der Waals surface area (Å²) in [6.07, 6.45) is 0. The van der Waals surface area contributed by atoms with E-state index in [4.69, 9.17) is 0 Å². The number of aliphatic carboxylic acids is 1. The Kier molecular flexibility index (Phi) is 5.21. The normalized spacial score (nSPS) is 18.6. The average Bonchev–Trinajstić information content (AvgIpc) is 2.47. The number of anilines is 1. The van der Waals surface area contributed by atoms with Crippen LogP contribution in [0.4, 0.5) is 5.69 Å². The number of hydrogen-bond acceptors (Lipinski definition) is 5. The molecule has 6 heteroatoms. The number of benzene rings is 1. The highest BCUT2D eigenvalue weighted by molar-refractivity contribution is 7.99. The second-order valence-electron chi connectivity index (χ2n) is 4.32. The largest absolute Gasteiger partial charge is 0.480 e. The van der Waals surface area contributed by atoms with Crippen molar-refractivity contribution in [3.8, 4) is 6.07 Å². The minimum Gasteiger partial charge on any atom is -0.480 e. The van der Waals surface area contributed by atoms with Gasteiger partial charge in [-0.25, -0.2) is 4.79 Å². The summed E-state index contributed by atoms with van der Waals surface area (Å²) >= 11 is 3.26. The maximum Gasteiger partial charge on any atom is 0.327 e. The fraction of sp³-hybridized carbons (Fsp3) is 0.429. The van der Waals surface area contributed by atoms with Gasteiger partial charge in [0.2, 0.25) is 0 Å². The molecule has 1 aromatic carbocycles. The SMILES string of the molecule is CCSc1cccc(N2CCSCC2C(=O)O)c1C#N. The summed E-state index contributed by atoms with van der Waals surface area (Å²) in [6.45, 7) is 2.70. The molecule has 0 aromatic heterocycles. The molecule has 1 aliphatic heterocycles. The minimum atomic E-state index is -0.824. The van der Waals surface area contributed by atoms with E-state index in [0.29, 0.717) is 17.9 Å². The van der Waals surface area contributed by atoms with Crippen LogP contribution in [0.15, 0.2) is 23.1 Å². The van der Waals surface area contributed by atoms with E-state index in [9.17, 15) is 15.2 Å². The third-order valence-electron chi connectivity index (χ3n) is 3.14. The molecular weight excluding hydrogens is 292 g/mol. The summed E-state index contributed by atoms with van der Waals surface area (Å²) < 4.78 is 0. The van der Waals surface area contributed by atoms with Gasteiger partial charge in [-0.05, 0) is 17.9 Å². The maximum absolute atomic E-state index is 11.4. The van der Waals surface area contributed by atoms with Crippen LogP contribution in [-0.4, -0.2) is 40.9 Å². The lowest BCUT2D eigenvalue weighted by molar-refractivity contribution is -0.138. The molecule has 20 heavy (non-hydrogen) atoms. The summed E-state index contributed by atoms with van der Waals surface area (Å²) in [6, 6.07) is 7.36. The molecule has 0 amide bonds. The Bertz CT molecular complexity index is 542. The van der Waals surface area contributed by atoms with Crippen LogP contribution in [0.3, 0.4) is 0 Å². The van der Waals surface area contributed by atoms with Gasteiger partial charge >= 0.3 is 5.97 Å². The molecule has 1 aliphatic rings. The number of carboxylic acids is 1. The van der Waals surface area contributed by atoms with Crippen LogP contribution in [0.5, 0.6) is 0 Å². The first-order valence-corrected chi connectivity index (χ1v) is 8.56. The van der Waals surface area contributed by atoms with Crippen LogP contribution < -0.4 is 4.90 Å². The van der Waals surface area contributed by atoms with Crippen molar-refractivity contribution >= 4 is 35.2 Å². The van der Waals surface area contributed by atoms with Gasteiger partial charge in [-0.1, -0.05) is 13.0 Å². The van der Waals surface area contributed by atoms with E-state index in [0.717, 1.165) is 22.1 Å². The highest BCUT2D eigenvalue weighted by Gasteiger charge is 2.30. The molecule has 0 radical (unpaired) electrons. The van der Waals surface area contributed by atoms with Crippen molar-refractivity contribution < 1.29 is 9.90 Å². The van der Waals surface area contributed by atoms with E-state index in [1.807, 2.05) is 30.0 Å². The zero-order valence-electron chi connectivity index (χ0n) is 11.2. The van der Waals surface area contributed by atoms with Crippen molar-refractivity contribution in [3.63, 3.8) is 0 Å². The molecule has 1 unspecified atom stereocenters. The Balaban J connectivity index is 2.42. The summed E-state index contributed by atoms with van der Waals surface area (Å²) in [4.78, 5) is 14.2. The predicted molar refractivity (Wildman–Crippen MR) is 83.6 cm³/mol. The Hall–Kier alpha value is -1.32. The number of carboxylic acid groups (broad SMARTS) is 1. The lowest BCUT2D eigenvalue weighted by Gasteiger charge is -2.35. The van der Waals surface area contributed by atoms with Crippen molar-refractivity contribution in [1.29, 1.82) is 5.26 Å². The third-order valence-corrected chi connectivity index (χ3v) is 5.10. The number of hydrogen-bond donors (Lipinski definition) is 1. The number of nitriles is 1. The molecule has 1 aromatic rings. The first kappa shape index (κ1) is 15.1. The number of rotatable bonds is 4. The van der Waals surface area contributed by atoms with Crippen LogP contribution in [0.1, 0.15) is 12.5 Å². The highest BCUT2D eigenvalue weighted by Crippen LogP contribution is 2.33. The second kappa shape index (κ2) is 6.91. The van der Waals surface area contributed by atoms with Gasteiger partial charge in [0.1, 0.15) is 12.1 Å². The fourth-order valence-corrected chi connectivity index (χ4v) is 4.06. The van der Waals surface area contributed by atoms with Crippen molar-refractivity contribution in [1.82, 2.24) is 0 Å². The molecule has 1 saturated heterocycles. The van der Waals surface area contributed by atoms with E-state index in [-0.39, 0.29) is 0 Å². The van der Waals surface area contributed by atoms with Gasteiger partial charge in [0.15, 0.2) is 0 Å². The molecule has 106 valence electrons. The van der Waals surface area contributed by atoms with Crippen LogP contribution >= 0.6 is 23.5 Å². The van der Waals surface area contributed by atoms with Gasteiger partial charge in [-0.3, -0.25) is 0 Å². The zero-order chi connectivity index (χ0) is 14.5. The molecule has 0 spiro atoms. The van der Waals surface area contributed by atoms with Crippen molar-refractivity contribution in [3.05, 3.63) is 23.8 Å². The van der Waals surface area contributed by atoms with E-state index < -0.39 is 12.0 Å². The van der Waals surface area contributed by atoms with Gasteiger partial charge in [0.05, 0.1) is 11.3 Å². The van der Waals surface area contributed by atoms with Gasteiger partial charge < -0.3 is 10.0 Å². The molecule has 1 fully saturated rings. The topological polar surface area (TPSA) is 64.3 Å². The van der Waals surface area contributed by atoms with Gasteiger partial charge in [-0.2, -0.15) is 17.0 Å². The van der Waals surface area contributed by atoms with Crippen molar-refractivity contribution in [2.45, 2.75) is 17.9 Å². The molecule has 0 saturated carbocycles. The van der Waals surface area contributed by atoms with Crippen LogP contribution in [-0.2, 0) is 4.79 Å². The lowest BCUT2D eigenvalue weighted by atomic mass is 10.1. The summed E-state index contributed by atoms with van der Waals surface area (Å²) in [7, 11) is 0. The number of thioether (sulfide) groups is 2. The fourth-order valence-electron chi connectivity index (χ4n) is 2.24. The Morgan fingerprint density at radius 2 is 2.45 bits per heavy atom. The summed E-state index contributed by atoms with van der Waals surface area (Å²) in [5, 5.41) is 18.8. The van der Waals surface area contributed by atoms with E-state index in [1.54, 1.807) is 23.5 Å². The van der Waals surface area contributed by atoms with Crippen LogP contribution in [0, 0.1) is 11.3 Å². The molecule has 0 bridgehead atoms. The molecule has 1 atom stereocenters. The van der Waals surface area contributed by atoms with Gasteiger partial charge in [0, 0.05) is 22.9 Å². The maximum atomic E-state index is 11.4. The van der Waals surface area contributed by atoms with Crippen LogP contribution in [0.2, 0.25) is 0 Å². The van der Waals surface area contributed by atoms with Gasteiger partial charge in [-0.15, -0.1) is 11.8 Å². The molecular formula is C14H16N2O2S2. The average molecular weight is 308 g/mol. The smallest absolute Gasteiger partial charge is 0.327 e. The molecule has 1 heterocycles. The molecule has 0 aliphatic carbocycles. The zero-order valence-corrected chi connectivity index (χ0v) is 12.8. The highest BCUT2D eigenvalue weighted by atomic mass is 32.2. The standard InChI is InChI=1S/C14H16N2O2S2/c1-2-20-13-5-3-4-11(10(13)8-15)16-6-7-19-9-12(16)14(17)18/h3-5,12H,2,6-7,9H2,1H3,(H,17,18). The monoisotopic (exact) mass is 308 g/mol. The second-order valence-corrected chi connectivity index (χ2v) is 6.77. The van der Waals surface area contributed by atoms with Gasteiger partial charge in [0.25, 0.3) is 0 Å². The number of nitrogens with zero attached hydrogens (tertiary/aromatic N) is 2. The van der Waals surface area contributed by atoms with E-state index in [2.05, 4.69) is 6.07 Å². The first-order valence-electron chi connectivity index (χ1n) is 6.42. The quantitative estimate of drug-likeness (QED) is 0.863. The third kappa shape index (κ3) is 3.05. The molecule has 4 nitrogen and oxygen atoms in total. The van der Waals surface area contributed by atoms with Crippen molar-refractivity contribution in [2.75, 3.05) is 28.7 Å². The van der Waals surface area contributed by atoms with Crippen LogP contribution in [0.25, 0.3) is 0 Å². The Labute approximate surface area is 127 Å². The Morgan fingerprint density at radius 3 is 3.10 bits per heavy atom.